The molecule has 0 fully saturated rings. The van der Waals surface area contributed by atoms with E-state index in [4.69, 9.17) is 13.6 Å². The van der Waals surface area contributed by atoms with Crippen LogP contribution in [-0.2, 0) is 0 Å². The lowest BCUT2D eigenvalue weighted by molar-refractivity contribution is 0.423. The number of ether oxygens (including phenoxy) is 1. The molecule has 0 unspecified atom stereocenters. The number of hydrogen-bond donors (Lipinski definition) is 0. The fraction of sp³-hybridized carbons (Fsp3) is 0.0833. The molecular weight excluding hydrogens is 368 g/mol. The second kappa shape index (κ2) is 4.13. The topological polar surface area (TPSA) is 52.6 Å². The minimum Gasteiger partial charge on any atom is -0.495 e. The van der Waals surface area contributed by atoms with Crippen molar-refractivity contribution >= 4 is 53.8 Å². The van der Waals surface area contributed by atoms with Crippen molar-refractivity contribution in [1.82, 2.24) is 0 Å². The molecule has 0 aliphatic rings. The van der Waals surface area contributed by atoms with Gasteiger partial charge in [0.1, 0.15) is 21.4 Å². The first-order chi connectivity index (χ1) is 8.60. The number of methoxy groups -OCH3 is 1. The van der Waals surface area contributed by atoms with Gasteiger partial charge in [-0.3, -0.25) is 0 Å². The highest BCUT2D eigenvalue weighted by molar-refractivity contribution is 9.10. The summed E-state index contributed by atoms with van der Waals surface area (Å²) in [6.45, 7) is 0. The Morgan fingerprint density at radius 1 is 1.06 bits per heavy atom. The van der Waals surface area contributed by atoms with Crippen LogP contribution in [0.15, 0.2) is 41.0 Å². The first-order valence-corrected chi connectivity index (χ1v) is 6.58. The third kappa shape index (κ3) is 1.67. The minimum atomic E-state index is -0.436. The van der Waals surface area contributed by atoms with Gasteiger partial charge in [0.15, 0.2) is 4.67 Å². The van der Waals surface area contributed by atoms with Gasteiger partial charge < -0.3 is 13.6 Å². The van der Waals surface area contributed by atoms with E-state index in [1.165, 1.54) is 0 Å². The van der Waals surface area contributed by atoms with Crippen LogP contribution in [0.3, 0.4) is 0 Å². The number of hydrogen-bond acceptors (Lipinski definition) is 4. The zero-order valence-corrected chi connectivity index (χ0v) is 12.3. The maximum atomic E-state index is 11.5. The largest absolute Gasteiger partial charge is 0.495 e. The van der Waals surface area contributed by atoms with Crippen LogP contribution in [0, 0.1) is 0 Å². The first kappa shape index (κ1) is 11.8. The average Bonchev–Trinajstić information content (AvgIpc) is 2.68. The van der Waals surface area contributed by atoms with Gasteiger partial charge in [0.05, 0.1) is 17.9 Å². The van der Waals surface area contributed by atoms with E-state index >= 15 is 0 Å². The summed E-state index contributed by atoms with van der Waals surface area (Å²) in [5.41, 5.74) is 0.584. The highest BCUT2D eigenvalue weighted by Gasteiger charge is 2.15. The number of halogens is 2. The van der Waals surface area contributed by atoms with Crippen molar-refractivity contribution in [3.8, 4) is 5.75 Å². The van der Waals surface area contributed by atoms with Crippen molar-refractivity contribution in [2.24, 2.45) is 0 Å². The lowest BCUT2D eigenvalue weighted by Crippen LogP contribution is -1.99. The van der Waals surface area contributed by atoms with Gasteiger partial charge in [-0.1, -0.05) is 0 Å². The summed E-state index contributed by atoms with van der Waals surface area (Å²) in [5.74, 6) is 0.612. The molecule has 2 aromatic heterocycles. The van der Waals surface area contributed by atoms with Gasteiger partial charge >= 0.3 is 5.63 Å². The standard InChI is InChI=1S/C12H6Br2O4/c1-16-11-5-2-7(13)12(15)18-9(5)4-8-6(11)3-10(14)17-8/h2-4H,1H3. The molecule has 0 amide bonds. The molecule has 0 atom stereocenters. The van der Waals surface area contributed by atoms with Crippen LogP contribution in [0.25, 0.3) is 21.9 Å². The first-order valence-electron chi connectivity index (χ1n) is 4.99. The van der Waals surface area contributed by atoms with Crippen molar-refractivity contribution < 1.29 is 13.6 Å². The molecule has 0 spiro atoms. The lowest BCUT2D eigenvalue weighted by Gasteiger charge is -2.05. The smallest absolute Gasteiger partial charge is 0.350 e. The predicted octanol–water partition coefficient (Wildman–Crippen LogP) is 4.07. The lowest BCUT2D eigenvalue weighted by atomic mass is 10.1. The highest BCUT2D eigenvalue weighted by Crippen LogP contribution is 2.37. The SMILES string of the molecule is COc1c2cc(Br)oc2cc2oc(=O)c(Br)cc12. The summed E-state index contributed by atoms with van der Waals surface area (Å²) in [4.78, 5) is 11.5. The second-order valence-corrected chi connectivity index (χ2v) is 5.30. The van der Waals surface area contributed by atoms with Crippen LogP contribution in [0.5, 0.6) is 5.75 Å². The van der Waals surface area contributed by atoms with E-state index < -0.39 is 5.63 Å². The Kier molecular flexibility index (Phi) is 2.71. The molecule has 0 N–H and O–H groups in total. The van der Waals surface area contributed by atoms with Crippen LogP contribution < -0.4 is 10.4 Å². The molecule has 0 aliphatic heterocycles. The normalized spacial score (nSPS) is 11.3. The van der Waals surface area contributed by atoms with Gasteiger partial charge in [0.25, 0.3) is 0 Å². The van der Waals surface area contributed by atoms with Gasteiger partial charge in [-0.15, -0.1) is 0 Å². The molecule has 18 heavy (non-hydrogen) atoms. The summed E-state index contributed by atoms with van der Waals surface area (Å²) in [5, 5.41) is 1.53. The fourth-order valence-electron chi connectivity index (χ4n) is 1.89. The summed E-state index contributed by atoms with van der Waals surface area (Å²) in [6.07, 6.45) is 0. The Balaban J connectivity index is 2.57. The molecule has 4 nitrogen and oxygen atoms in total. The third-order valence-corrected chi connectivity index (χ3v) is 3.56. The average molecular weight is 374 g/mol. The quantitative estimate of drug-likeness (QED) is 0.603. The van der Waals surface area contributed by atoms with E-state index in [9.17, 15) is 4.79 Å². The van der Waals surface area contributed by atoms with E-state index in [0.29, 0.717) is 31.4 Å². The number of furan rings is 1. The molecule has 0 saturated carbocycles. The van der Waals surface area contributed by atoms with Crippen molar-refractivity contribution in [2.75, 3.05) is 7.11 Å². The molecule has 3 rings (SSSR count). The highest BCUT2D eigenvalue weighted by atomic mass is 79.9. The minimum absolute atomic E-state index is 0.357. The molecule has 0 bridgehead atoms. The molecule has 6 heteroatoms. The number of benzene rings is 1. The van der Waals surface area contributed by atoms with Crippen molar-refractivity contribution in [3.05, 3.63) is 37.8 Å². The molecule has 0 saturated heterocycles. The van der Waals surface area contributed by atoms with Gasteiger partial charge in [-0.05, 0) is 37.9 Å². The molecule has 2 heterocycles. The summed E-state index contributed by atoms with van der Waals surface area (Å²) in [6, 6.07) is 5.17. The van der Waals surface area contributed by atoms with Crippen LogP contribution >= 0.6 is 31.9 Å². The molecule has 1 aromatic carbocycles. The second-order valence-electron chi connectivity index (χ2n) is 3.67. The van der Waals surface area contributed by atoms with Gasteiger partial charge in [0.2, 0.25) is 0 Å². The van der Waals surface area contributed by atoms with Crippen molar-refractivity contribution in [3.63, 3.8) is 0 Å². The third-order valence-electron chi connectivity index (χ3n) is 2.62. The van der Waals surface area contributed by atoms with Gasteiger partial charge in [-0.25, -0.2) is 4.79 Å². The van der Waals surface area contributed by atoms with E-state index in [1.807, 2.05) is 6.07 Å². The van der Waals surface area contributed by atoms with E-state index in [2.05, 4.69) is 31.9 Å². The maximum absolute atomic E-state index is 11.5. The molecular formula is C12H6Br2O4. The van der Waals surface area contributed by atoms with Crippen LogP contribution in [-0.4, -0.2) is 7.11 Å². The molecule has 0 radical (unpaired) electrons. The monoisotopic (exact) mass is 372 g/mol. The van der Waals surface area contributed by atoms with E-state index in [0.717, 1.165) is 5.39 Å². The zero-order chi connectivity index (χ0) is 12.9. The van der Waals surface area contributed by atoms with Crippen molar-refractivity contribution in [1.29, 1.82) is 0 Å². The Morgan fingerprint density at radius 3 is 2.44 bits per heavy atom. The predicted molar refractivity (Wildman–Crippen MR) is 74.2 cm³/mol. The van der Waals surface area contributed by atoms with Gasteiger partial charge in [-0.2, -0.15) is 0 Å². The summed E-state index contributed by atoms with van der Waals surface area (Å²) >= 11 is 6.42. The van der Waals surface area contributed by atoms with Crippen LogP contribution in [0.4, 0.5) is 0 Å². The number of fused-ring (bicyclic) bond motifs is 2. The molecule has 0 aliphatic carbocycles. The van der Waals surface area contributed by atoms with Crippen molar-refractivity contribution in [2.45, 2.75) is 0 Å². The maximum Gasteiger partial charge on any atom is 0.350 e. The fourth-order valence-corrected chi connectivity index (χ4v) is 2.60. The van der Waals surface area contributed by atoms with Crippen LogP contribution in [0.1, 0.15) is 0 Å². The summed E-state index contributed by atoms with van der Waals surface area (Å²) < 4.78 is 17.0. The summed E-state index contributed by atoms with van der Waals surface area (Å²) in [7, 11) is 1.56. The Hall–Kier alpha value is -1.27. The number of rotatable bonds is 1. The van der Waals surface area contributed by atoms with E-state index in [-0.39, 0.29) is 0 Å². The molecule has 3 aromatic rings. The Labute approximate surface area is 118 Å². The zero-order valence-electron chi connectivity index (χ0n) is 9.12. The van der Waals surface area contributed by atoms with Crippen LogP contribution in [0.2, 0.25) is 0 Å². The van der Waals surface area contributed by atoms with E-state index in [1.54, 1.807) is 19.2 Å². The van der Waals surface area contributed by atoms with Gasteiger partial charge in [0, 0.05) is 12.1 Å². The molecule has 92 valence electrons. The Morgan fingerprint density at radius 2 is 1.72 bits per heavy atom. The Bertz CT molecular complexity index is 816.